The van der Waals surface area contributed by atoms with Crippen LogP contribution in [0.4, 0.5) is 5.69 Å². The van der Waals surface area contributed by atoms with Gasteiger partial charge in [-0.2, -0.15) is 9.78 Å². The molecule has 3 aromatic rings. The number of hydrogen-bond acceptors (Lipinski definition) is 8. The molecule has 0 radical (unpaired) electrons. The number of aromatic hydroxyl groups is 2. The average molecular weight is 411 g/mol. The molecular formula is C20H17N3O7. The Bertz CT molecular complexity index is 1190. The highest BCUT2D eigenvalue weighted by molar-refractivity contribution is 6.05. The zero-order valence-electron chi connectivity index (χ0n) is 15.9. The Morgan fingerprint density at radius 1 is 1.03 bits per heavy atom. The van der Waals surface area contributed by atoms with Crippen LogP contribution >= 0.6 is 0 Å². The van der Waals surface area contributed by atoms with Gasteiger partial charge in [-0.05, 0) is 30.3 Å². The highest BCUT2D eigenvalue weighted by Gasteiger charge is 2.20. The van der Waals surface area contributed by atoms with Gasteiger partial charge in [0.1, 0.15) is 17.2 Å². The van der Waals surface area contributed by atoms with E-state index in [4.69, 9.17) is 4.74 Å². The molecule has 0 aliphatic heterocycles. The summed E-state index contributed by atoms with van der Waals surface area (Å²) in [5.41, 5.74) is -0.831. The van der Waals surface area contributed by atoms with E-state index in [1.54, 1.807) is 24.3 Å². The van der Waals surface area contributed by atoms with Gasteiger partial charge >= 0.3 is 5.97 Å². The van der Waals surface area contributed by atoms with Gasteiger partial charge in [-0.25, -0.2) is 4.79 Å². The fraction of sp³-hybridized carbons (Fsp3) is 0.100. The van der Waals surface area contributed by atoms with Crippen LogP contribution in [-0.2, 0) is 4.74 Å². The lowest BCUT2D eigenvalue weighted by Gasteiger charge is -2.12. The Morgan fingerprint density at radius 3 is 2.43 bits per heavy atom. The summed E-state index contributed by atoms with van der Waals surface area (Å²) in [6, 6.07) is 11.1. The van der Waals surface area contributed by atoms with Crippen molar-refractivity contribution in [2.75, 3.05) is 19.5 Å². The van der Waals surface area contributed by atoms with Crippen molar-refractivity contribution in [3.8, 4) is 22.9 Å². The first kappa shape index (κ1) is 20.4. The van der Waals surface area contributed by atoms with Crippen molar-refractivity contribution in [3.05, 3.63) is 70.1 Å². The Hall–Kier alpha value is -4.34. The summed E-state index contributed by atoms with van der Waals surface area (Å²) in [6.07, 6.45) is 0. The number of phenolic OH excluding ortho intramolecular Hbond substituents is 1. The molecule has 0 saturated heterocycles. The molecule has 0 spiro atoms. The molecule has 154 valence electrons. The van der Waals surface area contributed by atoms with Crippen molar-refractivity contribution in [3.63, 3.8) is 0 Å². The third kappa shape index (κ3) is 3.92. The van der Waals surface area contributed by atoms with Crippen LogP contribution in [0, 0.1) is 0 Å². The predicted molar refractivity (Wildman–Crippen MR) is 105 cm³/mol. The van der Waals surface area contributed by atoms with E-state index in [0.29, 0.717) is 5.75 Å². The van der Waals surface area contributed by atoms with E-state index in [1.807, 2.05) is 0 Å². The zero-order valence-corrected chi connectivity index (χ0v) is 15.9. The highest BCUT2D eigenvalue weighted by Crippen LogP contribution is 2.26. The summed E-state index contributed by atoms with van der Waals surface area (Å²) >= 11 is 0. The second-order valence-electron chi connectivity index (χ2n) is 5.98. The molecule has 0 aliphatic carbocycles. The molecular weight excluding hydrogens is 394 g/mol. The number of carbonyl (C=O) groups excluding carboxylic acids is 2. The van der Waals surface area contributed by atoms with Crippen molar-refractivity contribution in [2.24, 2.45) is 0 Å². The van der Waals surface area contributed by atoms with Crippen LogP contribution in [0.2, 0.25) is 0 Å². The molecule has 3 rings (SSSR count). The van der Waals surface area contributed by atoms with E-state index in [2.05, 4.69) is 15.2 Å². The van der Waals surface area contributed by atoms with Crippen molar-refractivity contribution in [1.82, 2.24) is 9.78 Å². The second kappa shape index (κ2) is 8.35. The molecule has 0 fully saturated rings. The topological polar surface area (TPSA) is 140 Å². The minimum atomic E-state index is -0.891. The van der Waals surface area contributed by atoms with Gasteiger partial charge in [0.15, 0.2) is 11.4 Å². The van der Waals surface area contributed by atoms with Gasteiger partial charge in [-0.15, -0.1) is 0 Å². The molecule has 0 bridgehead atoms. The number of nitrogens with zero attached hydrogens (tertiary/aromatic N) is 2. The van der Waals surface area contributed by atoms with Gasteiger partial charge in [0.05, 0.1) is 25.5 Å². The van der Waals surface area contributed by atoms with Crippen LogP contribution in [0.1, 0.15) is 20.8 Å². The number of para-hydroxylation sites is 2. The normalized spacial score (nSPS) is 10.3. The SMILES string of the molecule is COC(=O)c1ccc(NC(=O)c2nn(-c3ccccc3OC)c(=O)cc2O)c(O)c1. The standard InChI is InChI=1S/C20H17N3O7/c1-29-16-6-4-3-5-13(16)23-17(26)10-15(25)18(22-23)19(27)21-12-8-7-11(9-14(12)24)20(28)30-2/h3-10,24-25H,1-2H3,(H,21,27). The molecule has 10 nitrogen and oxygen atoms in total. The number of ether oxygens (including phenoxy) is 2. The number of rotatable bonds is 5. The summed E-state index contributed by atoms with van der Waals surface area (Å²) in [6.45, 7) is 0. The molecule has 3 N–H and O–H groups in total. The third-order valence-corrected chi connectivity index (χ3v) is 4.11. The van der Waals surface area contributed by atoms with E-state index < -0.39 is 34.6 Å². The van der Waals surface area contributed by atoms with Gasteiger partial charge in [0, 0.05) is 6.07 Å². The van der Waals surface area contributed by atoms with Gasteiger partial charge in [-0.3, -0.25) is 9.59 Å². The minimum Gasteiger partial charge on any atom is -0.506 e. The number of amides is 1. The monoisotopic (exact) mass is 411 g/mol. The first-order chi connectivity index (χ1) is 14.3. The Kier molecular flexibility index (Phi) is 5.68. The Balaban J connectivity index is 1.97. The minimum absolute atomic E-state index is 0.0381. The number of methoxy groups -OCH3 is 2. The maximum absolute atomic E-state index is 12.6. The summed E-state index contributed by atoms with van der Waals surface area (Å²) < 4.78 is 10.7. The van der Waals surface area contributed by atoms with E-state index in [1.165, 1.54) is 26.4 Å². The zero-order chi connectivity index (χ0) is 21.8. The van der Waals surface area contributed by atoms with Crippen LogP contribution in [-0.4, -0.2) is 46.1 Å². The van der Waals surface area contributed by atoms with Gasteiger partial charge in [0.2, 0.25) is 0 Å². The van der Waals surface area contributed by atoms with Gasteiger partial charge < -0.3 is 25.0 Å². The number of nitrogens with one attached hydrogen (secondary N) is 1. The number of hydrogen-bond donors (Lipinski definition) is 3. The summed E-state index contributed by atoms with van der Waals surface area (Å²) in [4.78, 5) is 36.4. The maximum Gasteiger partial charge on any atom is 0.337 e. The lowest BCUT2D eigenvalue weighted by Crippen LogP contribution is -2.25. The summed E-state index contributed by atoms with van der Waals surface area (Å²) in [5, 5.41) is 26.4. The molecule has 0 unspecified atom stereocenters. The number of esters is 1. The first-order valence-corrected chi connectivity index (χ1v) is 8.55. The third-order valence-electron chi connectivity index (χ3n) is 4.11. The molecule has 0 aliphatic rings. The number of benzene rings is 2. The largest absolute Gasteiger partial charge is 0.506 e. The van der Waals surface area contributed by atoms with E-state index in [0.717, 1.165) is 16.8 Å². The molecule has 0 atom stereocenters. The smallest absolute Gasteiger partial charge is 0.337 e. The number of aromatic nitrogens is 2. The lowest BCUT2D eigenvalue weighted by molar-refractivity contribution is 0.0600. The summed E-state index contributed by atoms with van der Waals surface area (Å²) in [5.74, 6) is -2.26. The molecule has 2 aromatic carbocycles. The van der Waals surface area contributed by atoms with E-state index >= 15 is 0 Å². The summed E-state index contributed by atoms with van der Waals surface area (Å²) in [7, 11) is 2.61. The van der Waals surface area contributed by atoms with Crippen LogP contribution in [0.5, 0.6) is 17.2 Å². The maximum atomic E-state index is 12.6. The van der Waals surface area contributed by atoms with Crippen LogP contribution in [0.15, 0.2) is 53.3 Å². The molecule has 0 saturated carbocycles. The second-order valence-corrected chi connectivity index (χ2v) is 5.98. The van der Waals surface area contributed by atoms with Crippen LogP contribution in [0.3, 0.4) is 0 Å². The number of carbonyl (C=O) groups is 2. The van der Waals surface area contributed by atoms with Gasteiger partial charge in [0.25, 0.3) is 11.5 Å². The lowest BCUT2D eigenvalue weighted by atomic mass is 10.2. The van der Waals surface area contributed by atoms with E-state index in [-0.39, 0.29) is 16.9 Å². The van der Waals surface area contributed by atoms with Crippen molar-refractivity contribution in [1.29, 1.82) is 0 Å². The predicted octanol–water partition coefficient (Wildman–Crippen LogP) is 1.69. The quantitative estimate of drug-likeness (QED) is 0.426. The average Bonchev–Trinajstić information content (AvgIpc) is 2.74. The number of phenols is 1. The molecule has 10 heteroatoms. The highest BCUT2D eigenvalue weighted by atomic mass is 16.5. The molecule has 30 heavy (non-hydrogen) atoms. The molecule has 1 amide bonds. The Labute approximate surface area is 169 Å². The van der Waals surface area contributed by atoms with Crippen molar-refractivity contribution >= 4 is 17.6 Å². The number of anilines is 1. The van der Waals surface area contributed by atoms with Crippen molar-refractivity contribution < 1.29 is 29.3 Å². The molecule has 1 aromatic heterocycles. The van der Waals surface area contributed by atoms with Crippen LogP contribution in [0.25, 0.3) is 5.69 Å². The molecule has 1 heterocycles. The fourth-order valence-corrected chi connectivity index (χ4v) is 2.65. The first-order valence-electron chi connectivity index (χ1n) is 8.55. The van der Waals surface area contributed by atoms with Crippen LogP contribution < -0.4 is 15.6 Å². The van der Waals surface area contributed by atoms with Crippen molar-refractivity contribution in [2.45, 2.75) is 0 Å². The van der Waals surface area contributed by atoms with Gasteiger partial charge in [-0.1, -0.05) is 12.1 Å². The fourth-order valence-electron chi connectivity index (χ4n) is 2.65. The van der Waals surface area contributed by atoms with E-state index in [9.17, 15) is 24.6 Å². The Morgan fingerprint density at radius 2 is 1.77 bits per heavy atom.